The fourth-order valence-corrected chi connectivity index (χ4v) is 2.74. The van der Waals surface area contributed by atoms with Gasteiger partial charge in [0.2, 0.25) is 0 Å². The van der Waals surface area contributed by atoms with Crippen molar-refractivity contribution in [2.75, 3.05) is 26.2 Å². The Labute approximate surface area is 106 Å². The highest BCUT2D eigenvalue weighted by molar-refractivity contribution is 4.85. The zero-order chi connectivity index (χ0) is 13.1. The Morgan fingerprint density at radius 1 is 1.18 bits per heavy atom. The number of hydrogen-bond acceptors (Lipinski definition) is 3. The van der Waals surface area contributed by atoms with Gasteiger partial charge in [-0.15, -0.1) is 0 Å². The summed E-state index contributed by atoms with van der Waals surface area (Å²) in [7, 11) is 0. The van der Waals surface area contributed by atoms with Gasteiger partial charge in [0.1, 0.15) is 0 Å². The molecule has 0 spiro atoms. The standard InChI is InChI=1S/C14H30N2O/c1-13(2,3)12-6-5-8-16(9-7-12)10-14(4,15)11-17/h12,17H,5-11,15H2,1-4H3. The van der Waals surface area contributed by atoms with Crippen LogP contribution in [-0.2, 0) is 0 Å². The van der Waals surface area contributed by atoms with Crippen LogP contribution in [0.25, 0.3) is 0 Å². The second kappa shape index (κ2) is 5.68. The smallest absolute Gasteiger partial charge is 0.0621 e. The number of rotatable bonds is 3. The summed E-state index contributed by atoms with van der Waals surface area (Å²) >= 11 is 0. The molecule has 1 aliphatic heterocycles. The summed E-state index contributed by atoms with van der Waals surface area (Å²) in [4.78, 5) is 2.42. The normalized spacial score (nSPS) is 27.5. The lowest BCUT2D eigenvalue weighted by molar-refractivity contribution is 0.145. The van der Waals surface area contributed by atoms with E-state index < -0.39 is 5.54 Å². The van der Waals surface area contributed by atoms with E-state index in [1.54, 1.807) is 0 Å². The molecule has 0 amide bonds. The first-order chi connectivity index (χ1) is 7.74. The van der Waals surface area contributed by atoms with Gasteiger partial charge >= 0.3 is 0 Å². The van der Waals surface area contributed by atoms with Crippen LogP contribution in [0.2, 0.25) is 0 Å². The number of likely N-dealkylation sites (tertiary alicyclic amines) is 1. The van der Waals surface area contributed by atoms with Crippen molar-refractivity contribution in [3.8, 4) is 0 Å². The monoisotopic (exact) mass is 242 g/mol. The van der Waals surface area contributed by atoms with Gasteiger partial charge in [0, 0.05) is 12.1 Å². The second-order valence-corrected chi connectivity index (χ2v) is 7.08. The molecule has 1 heterocycles. The van der Waals surface area contributed by atoms with E-state index in [9.17, 15) is 5.11 Å². The number of aliphatic hydroxyl groups is 1. The van der Waals surface area contributed by atoms with Crippen molar-refractivity contribution in [3.05, 3.63) is 0 Å². The molecule has 0 radical (unpaired) electrons. The van der Waals surface area contributed by atoms with Crippen LogP contribution in [0.5, 0.6) is 0 Å². The van der Waals surface area contributed by atoms with Crippen molar-refractivity contribution in [2.24, 2.45) is 17.1 Å². The van der Waals surface area contributed by atoms with Crippen molar-refractivity contribution in [2.45, 2.75) is 52.5 Å². The summed E-state index contributed by atoms with van der Waals surface area (Å²) in [6, 6.07) is 0. The summed E-state index contributed by atoms with van der Waals surface area (Å²) in [6.45, 7) is 12.1. The zero-order valence-electron chi connectivity index (χ0n) is 12.0. The van der Waals surface area contributed by atoms with E-state index in [1.165, 1.54) is 19.3 Å². The maximum absolute atomic E-state index is 9.22. The first-order valence-corrected chi connectivity index (χ1v) is 6.87. The van der Waals surface area contributed by atoms with Crippen molar-refractivity contribution < 1.29 is 5.11 Å². The molecule has 3 N–H and O–H groups in total. The molecule has 1 saturated heterocycles. The minimum absolute atomic E-state index is 0.0617. The van der Waals surface area contributed by atoms with Crippen molar-refractivity contribution >= 4 is 0 Å². The molecule has 3 heteroatoms. The predicted molar refractivity (Wildman–Crippen MR) is 72.9 cm³/mol. The molecular formula is C14H30N2O. The molecule has 3 nitrogen and oxygen atoms in total. The van der Waals surface area contributed by atoms with E-state index in [-0.39, 0.29) is 6.61 Å². The molecule has 1 aliphatic rings. The lowest BCUT2D eigenvalue weighted by Gasteiger charge is -2.31. The summed E-state index contributed by atoms with van der Waals surface area (Å²) < 4.78 is 0. The summed E-state index contributed by atoms with van der Waals surface area (Å²) in [5, 5.41) is 9.22. The average Bonchev–Trinajstić information content (AvgIpc) is 2.42. The van der Waals surface area contributed by atoms with Crippen LogP contribution in [0, 0.1) is 11.3 Å². The largest absolute Gasteiger partial charge is 0.394 e. The highest BCUT2D eigenvalue weighted by atomic mass is 16.3. The Morgan fingerprint density at radius 3 is 2.35 bits per heavy atom. The van der Waals surface area contributed by atoms with Gasteiger partial charge in [0.15, 0.2) is 0 Å². The maximum Gasteiger partial charge on any atom is 0.0621 e. The van der Waals surface area contributed by atoms with E-state index in [0.717, 1.165) is 25.6 Å². The summed E-state index contributed by atoms with van der Waals surface area (Å²) in [5.74, 6) is 0.811. The van der Waals surface area contributed by atoms with Gasteiger partial charge in [-0.05, 0) is 50.6 Å². The SMILES string of the molecule is CC(N)(CO)CN1CCCC(C(C)(C)C)CC1. The molecule has 2 atom stereocenters. The fourth-order valence-electron chi connectivity index (χ4n) is 2.74. The first-order valence-electron chi connectivity index (χ1n) is 6.87. The third-order valence-corrected chi connectivity index (χ3v) is 3.99. The zero-order valence-corrected chi connectivity index (χ0v) is 12.0. The van der Waals surface area contributed by atoms with Crippen LogP contribution in [0.4, 0.5) is 0 Å². The number of nitrogens with two attached hydrogens (primary N) is 1. The molecule has 1 fully saturated rings. The fraction of sp³-hybridized carbons (Fsp3) is 1.00. The Hall–Kier alpha value is -0.120. The van der Waals surface area contributed by atoms with Crippen LogP contribution in [0.3, 0.4) is 0 Å². The molecule has 102 valence electrons. The van der Waals surface area contributed by atoms with Crippen LogP contribution < -0.4 is 5.73 Å². The molecule has 0 saturated carbocycles. The van der Waals surface area contributed by atoms with Crippen LogP contribution >= 0.6 is 0 Å². The molecule has 0 aromatic rings. The Kier molecular flexibility index (Phi) is 4.99. The van der Waals surface area contributed by atoms with Gasteiger partial charge in [-0.2, -0.15) is 0 Å². The van der Waals surface area contributed by atoms with Crippen LogP contribution in [-0.4, -0.2) is 41.8 Å². The third kappa shape index (κ3) is 4.94. The molecule has 0 aromatic heterocycles. The molecule has 1 rings (SSSR count). The minimum Gasteiger partial charge on any atom is -0.394 e. The van der Waals surface area contributed by atoms with Gasteiger partial charge in [-0.3, -0.25) is 0 Å². The number of hydrogen-bond donors (Lipinski definition) is 2. The van der Waals surface area contributed by atoms with Gasteiger partial charge in [0.25, 0.3) is 0 Å². The Bertz CT molecular complexity index is 233. The minimum atomic E-state index is -0.457. The Morgan fingerprint density at radius 2 is 1.82 bits per heavy atom. The molecule has 0 aromatic carbocycles. The van der Waals surface area contributed by atoms with E-state index in [0.29, 0.717) is 5.41 Å². The lowest BCUT2D eigenvalue weighted by Crippen LogP contribution is -2.50. The summed E-state index contributed by atoms with van der Waals surface area (Å²) in [5.41, 5.74) is 5.99. The van der Waals surface area contributed by atoms with Gasteiger partial charge in [-0.1, -0.05) is 20.8 Å². The lowest BCUT2D eigenvalue weighted by atomic mass is 9.77. The van der Waals surface area contributed by atoms with Crippen molar-refractivity contribution in [1.82, 2.24) is 4.90 Å². The maximum atomic E-state index is 9.22. The number of aliphatic hydroxyl groups excluding tert-OH is 1. The highest BCUT2D eigenvalue weighted by Crippen LogP contribution is 2.34. The molecular weight excluding hydrogens is 212 g/mol. The van der Waals surface area contributed by atoms with E-state index in [2.05, 4.69) is 25.7 Å². The van der Waals surface area contributed by atoms with Crippen LogP contribution in [0.1, 0.15) is 47.0 Å². The highest BCUT2D eigenvalue weighted by Gasteiger charge is 2.29. The number of nitrogens with zero attached hydrogens (tertiary/aromatic N) is 1. The van der Waals surface area contributed by atoms with E-state index in [4.69, 9.17) is 5.73 Å². The van der Waals surface area contributed by atoms with Crippen molar-refractivity contribution in [3.63, 3.8) is 0 Å². The molecule has 17 heavy (non-hydrogen) atoms. The van der Waals surface area contributed by atoms with E-state index >= 15 is 0 Å². The average molecular weight is 242 g/mol. The van der Waals surface area contributed by atoms with E-state index in [1.807, 2.05) is 6.92 Å². The predicted octanol–water partition coefficient (Wildman–Crippen LogP) is 1.84. The topological polar surface area (TPSA) is 49.5 Å². The van der Waals surface area contributed by atoms with Crippen LogP contribution in [0.15, 0.2) is 0 Å². The Balaban J connectivity index is 2.48. The van der Waals surface area contributed by atoms with Crippen molar-refractivity contribution in [1.29, 1.82) is 0 Å². The second-order valence-electron chi connectivity index (χ2n) is 7.08. The van der Waals surface area contributed by atoms with Gasteiger partial charge < -0.3 is 15.7 Å². The quantitative estimate of drug-likeness (QED) is 0.794. The molecule has 2 unspecified atom stereocenters. The first kappa shape index (κ1) is 14.9. The van der Waals surface area contributed by atoms with Gasteiger partial charge in [0.05, 0.1) is 6.61 Å². The molecule has 0 aliphatic carbocycles. The summed E-state index contributed by atoms with van der Waals surface area (Å²) in [6.07, 6.45) is 3.83. The van der Waals surface area contributed by atoms with Gasteiger partial charge in [-0.25, -0.2) is 0 Å². The third-order valence-electron chi connectivity index (χ3n) is 3.99. The molecule has 0 bridgehead atoms.